The molecule has 9 nitrogen and oxygen atoms in total. The summed E-state index contributed by atoms with van der Waals surface area (Å²) in [7, 11) is 0. The van der Waals surface area contributed by atoms with E-state index in [0.29, 0.717) is 31.0 Å². The van der Waals surface area contributed by atoms with E-state index in [1.54, 1.807) is 17.1 Å². The van der Waals surface area contributed by atoms with Crippen molar-refractivity contribution in [2.75, 3.05) is 24.6 Å². The normalized spacial score (nSPS) is 18.0. The number of aromatic nitrogens is 4. The molecule has 0 spiro atoms. The van der Waals surface area contributed by atoms with E-state index in [9.17, 15) is 14.7 Å². The highest BCUT2D eigenvalue weighted by Crippen LogP contribution is 2.26. The second kappa shape index (κ2) is 9.03. The maximum atomic E-state index is 13.3. The van der Waals surface area contributed by atoms with Crippen molar-refractivity contribution in [1.29, 1.82) is 0 Å². The van der Waals surface area contributed by atoms with Crippen LogP contribution in [0.15, 0.2) is 52.8 Å². The van der Waals surface area contributed by atoms with E-state index in [1.807, 2.05) is 54.1 Å². The molecular weight excluding hydrogens is 452 g/mol. The van der Waals surface area contributed by atoms with Crippen LogP contribution in [0.4, 0.5) is 5.82 Å². The zero-order chi connectivity index (χ0) is 23.8. The standard InChI is InChI=1S/C24H26N6O3S/c1-3-29-15(2)21(24(33)30(29)17-7-5-4-6-8-17)22(32)26-19-12-28(11-16(19)13-31)20-10-9-18-23(27-20)34-14-25-18/h4-10,14,16,19,31H,3,11-13H2,1-2H3,(H,26,32)/t16-,19+/m0/s1. The van der Waals surface area contributed by atoms with Gasteiger partial charge in [-0.25, -0.2) is 14.6 Å². The monoisotopic (exact) mass is 478 g/mol. The number of nitrogens with one attached hydrogen (secondary N) is 1. The number of rotatable bonds is 6. The summed E-state index contributed by atoms with van der Waals surface area (Å²) in [6.07, 6.45) is 0. The fraction of sp³-hybridized carbons (Fsp3) is 0.333. The predicted octanol–water partition coefficient (Wildman–Crippen LogP) is 2.20. The van der Waals surface area contributed by atoms with E-state index in [2.05, 4.69) is 20.2 Å². The van der Waals surface area contributed by atoms with Crippen molar-refractivity contribution in [3.63, 3.8) is 0 Å². The van der Waals surface area contributed by atoms with Crippen molar-refractivity contribution in [2.24, 2.45) is 5.92 Å². The zero-order valence-corrected chi connectivity index (χ0v) is 19.8. The van der Waals surface area contributed by atoms with Crippen LogP contribution in [0.25, 0.3) is 16.0 Å². The Labute approximate surface area is 200 Å². The van der Waals surface area contributed by atoms with Crippen molar-refractivity contribution in [1.82, 2.24) is 24.6 Å². The molecule has 1 amide bonds. The third kappa shape index (κ3) is 3.78. The summed E-state index contributed by atoms with van der Waals surface area (Å²) in [6, 6.07) is 12.8. The Morgan fingerprint density at radius 3 is 2.74 bits per heavy atom. The summed E-state index contributed by atoms with van der Waals surface area (Å²) in [5.41, 5.74) is 3.71. The lowest BCUT2D eigenvalue weighted by molar-refractivity contribution is 0.0920. The molecule has 5 rings (SSSR count). The molecule has 4 aromatic rings. The summed E-state index contributed by atoms with van der Waals surface area (Å²) in [5, 5.41) is 13.0. The quantitative estimate of drug-likeness (QED) is 0.440. The number of hydrogen-bond acceptors (Lipinski definition) is 7. The van der Waals surface area contributed by atoms with Gasteiger partial charge in [-0.05, 0) is 38.1 Å². The molecule has 0 bridgehead atoms. The first kappa shape index (κ1) is 22.3. The number of carbonyl (C=O) groups is 1. The molecule has 2 N–H and O–H groups in total. The first-order valence-corrected chi connectivity index (χ1v) is 12.1. The third-order valence-electron chi connectivity index (χ3n) is 6.42. The van der Waals surface area contributed by atoms with Crippen LogP contribution in [-0.2, 0) is 6.54 Å². The number of hydrogen-bond donors (Lipinski definition) is 2. The van der Waals surface area contributed by atoms with Crippen LogP contribution >= 0.6 is 11.3 Å². The van der Waals surface area contributed by atoms with Crippen molar-refractivity contribution in [3.05, 3.63) is 69.6 Å². The second-order valence-corrected chi connectivity index (χ2v) is 9.24. The molecule has 34 heavy (non-hydrogen) atoms. The van der Waals surface area contributed by atoms with Gasteiger partial charge in [0.2, 0.25) is 0 Å². The van der Waals surface area contributed by atoms with Crippen molar-refractivity contribution < 1.29 is 9.90 Å². The average molecular weight is 479 g/mol. The Morgan fingerprint density at radius 1 is 1.21 bits per heavy atom. The first-order valence-electron chi connectivity index (χ1n) is 11.3. The molecule has 3 aromatic heterocycles. The lowest BCUT2D eigenvalue weighted by Crippen LogP contribution is -2.43. The molecule has 1 aliphatic rings. The zero-order valence-electron chi connectivity index (χ0n) is 19.0. The number of aliphatic hydroxyl groups is 1. The number of fused-ring (bicyclic) bond motifs is 1. The number of pyridine rings is 1. The van der Waals surface area contributed by atoms with E-state index in [0.717, 1.165) is 16.2 Å². The number of benzene rings is 1. The molecule has 2 atom stereocenters. The van der Waals surface area contributed by atoms with Crippen LogP contribution in [0.3, 0.4) is 0 Å². The number of aliphatic hydroxyl groups excluding tert-OH is 1. The Kier molecular flexibility index (Phi) is 5.93. The van der Waals surface area contributed by atoms with Gasteiger partial charge < -0.3 is 15.3 Å². The predicted molar refractivity (Wildman–Crippen MR) is 132 cm³/mol. The van der Waals surface area contributed by atoms with E-state index < -0.39 is 5.91 Å². The van der Waals surface area contributed by atoms with Crippen molar-refractivity contribution >= 4 is 33.4 Å². The lowest BCUT2D eigenvalue weighted by Gasteiger charge is -2.18. The molecule has 1 fully saturated rings. The lowest BCUT2D eigenvalue weighted by atomic mass is 10.0. The van der Waals surface area contributed by atoms with Gasteiger partial charge in [0, 0.05) is 32.2 Å². The van der Waals surface area contributed by atoms with E-state index in [1.165, 1.54) is 11.3 Å². The maximum absolute atomic E-state index is 13.3. The van der Waals surface area contributed by atoms with Crippen molar-refractivity contribution in [2.45, 2.75) is 26.4 Å². The molecule has 10 heteroatoms. The van der Waals surface area contributed by atoms with Gasteiger partial charge in [0.25, 0.3) is 11.5 Å². The van der Waals surface area contributed by atoms with E-state index >= 15 is 0 Å². The van der Waals surface area contributed by atoms with Gasteiger partial charge >= 0.3 is 0 Å². The summed E-state index contributed by atoms with van der Waals surface area (Å²) in [5.74, 6) is 0.190. The number of nitrogens with zero attached hydrogens (tertiary/aromatic N) is 5. The van der Waals surface area contributed by atoms with Gasteiger partial charge in [-0.3, -0.25) is 14.3 Å². The summed E-state index contributed by atoms with van der Waals surface area (Å²) in [4.78, 5) is 38.5. The number of anilines is 1. The largest absolute Gasteiger partial charge is 0.396 e. The Balaban J connectivity index is 1.41. The minimum absolute atomic E-state index is 0.0759. The molecule has 176 valence electrons. The summed E-state index contributed by atoms with van der Waals surface area (Å²) in [6.45, 7) is 5.25. The van der Waals surface area contributed by atoms with Crippen LogP contribution in [0.1, 0.15) is 23.0 Å². The molecule has 1 saturated heterocycles. The highest BCUT2D eigenvalue weighted by Gasteiger charge is 2.35. The third-order valence-corrected chi connectivity index (χ3v) is 7.16. The van der Waals surface area contributed by atoms with Crippen LogP contribution in [-0.4, -0.2) is 56.1 Å². The first-order chi connectivity index (χ1) is 16.5. The minimum atomic E-state index is -0.421. The van der Waals surface area contributed by atoms with Gasteiger partial charge in [0.05, 0.1) is 22.9 Å². The maximum Gasteiger partial charge on any atom is 0.284 e. The molecule has 1 aromatic carbocycles. The van der Waals surface area contributed by atoms with E-state index in [-0.39, 0.29) is 29.7 Å². The molecule has 0 radical (unpaired) electrons. The molecule has 4 heterocycles. The fourth-order valence-electron chi connectivity index (χ4n) is 4.68. The molecular formula is C24H26N6O3S. The van der Waals surface area contributed by atoms with Crippen molar-refractivity contribution in [3.8, 4) is 5.69 Å². The number of amides is 1. The van der Waals surface area contributed by atoms with Gasteiger partial charge in [-0.1, -0.05) is 18.2 Å². The Hall–Kier alpha value is -3.50. The highest BCUT2D eigenvalue weighted by molar-refractivity contribution is 7.16. The number of thiazole rings is 1. The highest BCUT2D eigenvalue weighted by atomic mass is 32.1. The number of para-hydroxylation sites is 1. The average Bonchev–Trinajstić information content (AvgIpc) is 3.54. The van der Waals surface area contributed by atoms with E-state index in [4.69, 9.17) is 0 Å². The van der Waals surface area contributed by atoms with Crippen LogP contribution in [0.5, 0.6) is 0 Å². The number of carbonyl (C=O) groups excluding carboxylic acids is 1. The van der Waals surface area contributed by atoms with Gasteiger partial charge in [0.1, 0.15) is 21.7 Å². The SMILES string of the molecule is CCn1c(C)c(C(=O)N[C@@H]2CN(c3ccc4ncsc4n3)C[C@H]2CO)c(=O)n1-c1ccccc1. The van der Waals surface area contributed by atoms with Gasteiger partial charge in [-0.15, -0.1) is 11.3 Å². The summed E-state index contributed by atoms with van der Waals surface area (Å²) >= 11 is 1.48. The smallest absolute Gasteiger partial charge is 0.284 e. The molecule has 0 saturated carbocycles. The fourth-order valence-corrected chi connectivity index (χ4v) is 5.33. The molecule has 0 aliphatic carbocycles. The Morgan fingerprint density at radius 2 is 2.00 bits per heavy atom. The molecule has 1 aliphatic heterocycles. The van der Waals surface area contributed by atoms with Crippen LogP contribution in [0.2, 0.25) is 0 Å². The minimum Gasteiger partial charge on any atom is -0.396 e. The van der Waals surface area contributed by atoms with Crippen LogP contribution < -0.4 is 15.8 Å². The molecule has 0 unspecified atom stereocenters. The van der Waals surface area contributed by atoms with Gasteiger partial charge in [-0.2, -0.15) is 0 Å². The van der Waals surface area contributed by atoms with Crippen LogP contribution in [0, 0.1) is 12.8 Å². The topological polar surface area (TPSA) is 105 Å². The Bertz CT molecular complexity index is 1390. The summed E-state index contributed by atoms with van der Waals surface area (Å²) < 4.78 is 3.36. The van der Waals surface area contributed by atoms with Gasteiger partial charge in [0.15, 0.2) is 0 Å². The second-order valence-electron chi connectivity index (χ2n) is 8.40.